The molecule has 146 valence electrons. The number of anilines is 1. The number of nitrogens with zero attached hydrogens (tertiary/aromatic N) is 3. The number of fused-ring (bicyclic) bond motifs is 1. The van der Waals surface area contributed by atoms with Crippen molar-refractivity contribution in [3.63, 3.8) is 0 Å². The van der Waals surface area contributed by atoms with Gasteiger partial charge in [-0.15, -0.1) is 11.3 Å². The average molecular weight is 404 g/mol. The summed E-state index contributed by atoms with van der Waals surface area (Å²) in [6.07, 6.45) is 8.76. The van der Waals surface area contributed by atoms with Crippen LogP contribution >= 0.6 is 11.3 Å². The summed E-state index contributed by atoms with van der Waals surface area (Å²) in [7, 11) is 0. The normalized spacial score (nSPS) is 13.0. The highest BCUT2D eigenvalue weighted by atomic mass is 32.1. The quantitative estimate of drug-likeness (QED) is 0.486. The zero-order valence-corrected chi connectivity index (χ0v) is 17.0. The maximum atomic E-state index is 12.9. The van der Waals surface area contributed by atoms with Gasteiger partial charge >= 0.3 is 0 Å². The molecule has 4 aromatic rings. The number of pyridine rings is 3. The summed E-state index contributed by atoms with van der Waals surface area (Å²) in [5, 5.41) is 8.33. The lowest BCUT2D eigenvalue weighted by molar-refractivity contribution is 0.0936. The monoisotopic (exact) mass is 403 g/mol. The fraction of sp³-hybridized carbons (Fsp3) is 0.182. The maximum Gasteiger partial charge on any atom is 0.271 e. The second-order valence-electron chi connectivity index (χ2n) is 6.82. The Kier molecular flexibility index (Phi) is 5.48. The van der Waals surface area contributed by atoms with Gasteiger partial charge in [-0.05, 0) is 49.2 Å². The number of hydrogen-bond acceptors (Lipinski definition) is 6. The van der Waals surface area contributed by atoms with E-state index < -0.39 is 0 Å². The Hall–Kier alpha value is -3.32. The lowest BCUT2D eigenvalue weighted by Crippen LogP contribution is -2.27. The van der Waals surface area contributed by atoms with E-state index in [-0.39, 0.29) is 18.0 Å². The Morgan fingerprint density at radius 3 is 2.31 bits per heavy atom. The number of carbonyl (C=O) groups excluding carboxylic acids is 1. The largest absolute Gasteiger partial charge is 0.370 e. The Bertz CT molecular complexity index is 1110. The number of aromatic nitrogens is 3. The number of rotatable bonds is 6. The van der Waals surface area contributed by atoms with Crippen LogP contribution in [-0.4, -0.2) is 20.9 Å². The van der Waals surface area contributed by atoms with E-state index in [1.807, 2.05) is 49.5 Å². The molecule has 1 amide bonds. The van der Waals surface area contributed by atoms with Crippen molar-refractivity contribution in [2.45, 2.75) is 25.9 Å². The molecule has 7 heteroatoms. The highest BCUT2D eigenvalue weighted by Gasteiger charge is 2.18. The molecular formula is C22H21N5OS. The molecule has 0 aliphatic heterocycles. The smallest absolute Gasteiger partial charge is 0.271 e. The van der Waals surface area contributed by atoms with Crippen LogP contribution < -0.4 is 10.6 Å². The van der Waals surface area contributed by atoms with Gasteiger partial charge < -0.3 is 10.6 Å². The zero-order chi connectivity index (χ0) is 20.2. The second kappa shape index (κ2) is 8.36. The van der Waals surface area contributed by atoms with Gasteiger partial charge in [-0.25, -0.2) is 0 Å². The molecule has 4 aromatic heterocycles. The van der Waals surface area contributed by atoms with Gasteiger partial charge in [0.25, 0.3) is 5.91 Å². The Morgan fingerprint density at radius 2 is 1.66 bits per heavy atom. The van der Waals surface area contributed by atoms with E-state index in [2.05, 4.69) is 32.5 Å². The first-order valence-electron chi connectivity index (χ1n) is 9.37. The van der Waals surface area contributed by atoms with Crippen LogP contribution in [0.3, 0.4) is 0 Å². The van der Waals surface area contributed by atoms with Crippen LogP contribution in [0.2, 0.25) is 0 Å². The first kappa shape index (κ1) is 19.0. The van der Waals surface area contributed by atoms with Gasteiger partial charge in [0.15, 0.2) is 0 Å². The van der Waals surface area contributed by atoms with Gasteiger partial charge in [0, 0.05) is 41.1 Å². The fourth-order valence-electron chi connectivity index (χ4n) is 3.12. The zero-order valence-electron chi connectivity index (χ0n) is 16.2. The molecule has 6 nitrogen and oxygen atoms in total. The van der Waals surface area contributed by atoms with Crippen LogP contribution in [0.25, 0.3) is 10.1 Å². The van der Waals surface area contributed by atoms with E-state index in [0.29, 0.717) is 5.69 Å². The van der Waals surface area contributed by atoms with E-state index in [0.717, 1.165) is 26.2 Å². The third-order valence-corrected chi connectivity index (χ3v) is 5.77. The molecule has 2 atom stereocenters. The van der Waals surface area contributed by atoms with Crippen molar-refractivity contribution in [3.8, 4) is 0 Å². The number of amides is 1. The summed E-state index contributed by atoms with van der Waals surface area (Å²) in [4.78, 5) is 25.5. The van der Waals surface area contributed by atoms with Crippen LogP contribution in [0, 0.1) is 0 Å². The fourth-order valence-corrected chi connectivity index (χ4v) is 4.17. The number of thiophene rings is 1. The third kappa shape index (κ3) is 4.25. The molecule has 2 unspecified atom stereocenters. The van der Waals surface area contributed by atoms with E-state index in [1.165, 1.54) is 0 Å². The molecule has 0 saturated heterocycles. The minimum absolute atomic E-state index is 0.104. The van der Waals surface area contributed by atoms with Crippen LogP contribution in [-0.2, 0) is 0 Å². The summed E-state index contributed by atoms with van der Waals surface area (Å²) in [5.41, 5.74) is 2.48. The molecule has 0 aliphatic rings. The highest BCUT2D eigenvalue weighted by Crippen LogP contribution is 2.33. The van der Waals surface area contributed by atoms with Crippen LogP contribution in [0.5, 0.6) is 0 Å². The molecule has 29 heavy (non-hydrogen) atoms. The van der Waals surface area contributed by atoms with E-state index in [1.54, 1.807) is 36.1 Å². The van der Waals surface area contributed by atoms with Crippen LogP contribution in [0.15, 0.2) is 67.4 Å². The highest BCUT2D eigenvalue weighted by molar-refractivity contribution is 7.22. The first-order valence-corrected chi connectivity index (χ1v) is 10.2. The minimum Gasteiger partial charge on any atom is -0.370 e. The first-order chi connectivity index (χ1) is 14.1. The molecule has 2 N–H and O–H groups in total. The summed E-state index contributed by atoms with van der Waals surface area (Å²) in [6.45, 7) is 4.02. The van der Waals surface area contributed by atoms with Crippen LogP contribution in [0.4, 0.5) is 5.00 Å². The molecule has 0 aromatic carbocycles. The second-order valence-corrected chi connectivity index (χ2v) is 7.90. The van der Waals surface area contributed by atoms with Gasteiger partial charge in [-0.2, -0.15) is 0 Å². The van der Waals surface area contributed by atoms with Gasteiger partial charge in [-0.1, -0.05) is 12.1 Å². The Labute approximate surface area is 173 Å². The van der Waals surface area contributed by atoms with Crippen molar-refractivity contribution in [3.05, 3.63) is 84.2 Å². The van der Waals surface area contributed by atoms with Crippen LogP contribution in [0.1, 0.15) is 47.5 Å². The summed E-state index contributed by atoms with van der Waals surface area (Å²) >= 11 is 1.61. The van der Waals surface area contributed by atoms with Crippen molar-refractivity contribution in [2.75, 3.05) is 5.32 Å². The molecule has 4 heterocycles. The van der Waals surface area contributed by atoms with E-state index >= 15 is 0 Å². The molecule has 0 radical (unpaired) electrons. The molecule has 4 rings (SSSR count). The van der Waals surface area contributed by atoms with Crippen molar-refractivity contribution < 1.29 is 4.79 Å². The Morgan fingerprint density at radius 1 is 0.966 bits per heavy atom. The molecule has 0 aliphatic carbocycles. The Balaban J connectivity index is 1.55. The SMILES string of the molecule is CC(NC(=O)c1nccc2sc(NC(C)c3cccnc3)cc12)c1cccnc1. The van der Waals surface area contributed by atoms with Gasteiger partial charge in [0.1, 0.15) is 5.69 Å². The standard InChI is InChI=1S/C22H21N5OS/c1-14(16-5-3-8-23-12-16)26-20-11-18-19(29-20)7-10-25-21(18)22(28)27-15(2)17-6-4-9-24-13-17/h3-15,26H,1-2H3,(H,27,28). The minimum atomic E-state index is -0.198. The average Bonchev–Trinajstić information content (AvgIpc) is 3.17. The predicted octanol–water partition coefficient (Wildman–Crippen LogP) is 4.75. The maximum absolute atomic E-state index is 12.9. The van der Waals surface area contributed by atoms with Gasteiger partial charge in [-0.3, -0.25) is 19.7 Å². The number of carbonyl (C=O) groups is 1. The number of hydrogen-bond donors (Lipinski definition) is 2. The predicted molar refractivity (Wildman–Crippen MR) is 116 cm³/mol. The van der Waals surface area contributed by atoms with Crippen molar-refractivity contribution >= 4 is 32.3 Å². The lowest BCUT2D eigenvalue weighted by atomic mass is 10.1. The van der Waals surface area contributed by atoms with E-state index in [9.17, 15) is 4.79 Å². The molecule has 0 fully saturated rings. The van der Waals surface area contributed by atoms with Crippen molar-refractivity contribution in [1.29, 1.82) is 0 Å². The molecular weight excluding hydrogens is 382 g/mol. The molecule has 0 bridgehead atoms. The summed E-state index contributed by atoms with van der Waals surface area (Å²) < 4.78 is 1.01. The number of nitrogens with one attached hydrogen (secondary N) is 2. The summed E-state index contributed by atoms with van der Waals surface area (Å²) in [6, 6.07) is 11.6. The molecule has 0 spiro atoms. The topological polar surface area (TPSA) is 79.8 Å². The lowest BCUT2D eigenvalue weighted by Gasteiger charge is -2.14. The summed E-state index contributed by atoms with van der Waals surface area (Å²) in [5.74, 6) is -0.198. The van der Waals surface area contributed by atoms with Crippen molar-refractivity contribution in [1.82, 2.24) is 20.3 Å². The van der Waals surface area contributed by atoms with E-state index in [4.69, 9.17) is 0 Å². The van der Waals surface area contributed by atoms with Gasteiger partial charge in [0.05, 0.1) is 17.1 Å². The van der Waals surface area contributed by atoms with Crippen molar-refractivity contribution in [2.24, 2.45) is 0 Å². The third-order valence-electron chi connectivity index (χ3n) is 4.74. The van der Waals surface area contributed by atoms with Gasteiger partial charge in [0.2, 0.25) is 0 Å². The molecule has 0 saturated carbocycles.